The van der Waals surface area contributed by atoms with E-state index in [-0.39, 0.29) is 5.60 Å². The molecule has 1 aliphatic heterocycles. The van der Waals surface area contributed by atoms with Crippen LogP contribution in [0.3, 0.4) is 0 Å². The van der Waals surface area contributed by atoms with Crippen molar-refractivity contribution in [2.24, 2.45) is 0 Å². The molecule has 2 fully saturated rings. The van der Waals surface area contributed by atoms with E-state index in [1.54, 1.807) is 6.07 Å². The first-order chi connectivity index (χ1) is 9.71. The molecule has 1 aliphatic carbocycles. The maximum atomic E-state index is 9.20. The van der Waals surface area contributed by atoms with E-state index in [1.807, 2.05) is 12.1 Å². The number of hydrogen-bond donors (Lipinski definition) is 1. The number of anilines is 1. The number of nitrogens with zero attached hydrogens (tertiary/aromatic N) is 1. The highest BCUT2D eigenvalue weighted by atomic mass is 35.5. The van der Waals surface area contributed by atoms with E-state index in [9.17, 15) is 5.26 Å². The second kappa shape index (κ2) is 5.63. The summed E-state index contributed by atoms with van der Waals surface area (Å²) < 4.78 is 6.04. The van der Waals surface area contributed by atoms with Crippen LogP contribution in [-0.4, -0.2) is 18.2 Å². The van der Waals surface area contributed by atoms with Crippen LogP contribution in [-0.2, 0) is 4.74 Å². The third-order valence-corrected chi connectivity index (χ3v) is 4.70. The van der Waals surface area contributed by atoms with Crippen LogP contribution < -0.4 is 5.32 Å². The zero-order valence-electron chi connectivity index (χ0n) is 11.5. The number of benzene rings is 1. The zero-order valence-corrected chi connectivity index (χ0v) is 12.2. The second-order valence-electron chi connectivity index (χ2n) is 5.87. The van der Waals surface area contributed by atoms with Crippen molar-refractivity contribution in [3.8, 4) is 6.07 Å². The van der Waals surface area contributed by atoms with Crippen LogP contribution in [0.4, 0.5) is 5.69 Å². The molecule has 1 unspecified atom stereocenters. The normalized spacial score (nSPS) is 24.5. The minimum Gasteiger partial charge on any atom is -0.381 e. The minimum absolute atomic E-state index is 0.0924. The molecule has 1 saturated carbocycles. The Morgan fingerprint density at radius 2 is 2.15 bits per heavy atom. The van der Waals surface area contributed by atoms with Gasteiger partial charge in [0.25, 0.3) is 0 Å². The molecule has 1 spiro atoms. The van der Waals surface area contributed by atoms with E-state index >= 15 is 0 Å². The fourth-order valence-electron chi connectivity index (χ4n) is 3.47. The number of rotatable bonds is 2. The molecule has 1 atom stereocenters. The van der Waals surface area contributed by atoms with Gasteiger partial charge >= 0.3 is 0 Å². The summed E-state index contributed by atoms with van der Waals surface area (Å²) >= 11 is 5.94. The summed E-state index contributed by atoms with van der Waals surface area (Å²) in [6, 6.07) is 8.04. The first-order valence-electron chi connectivity index (χ1n) is 7.31. The summed E-state index contributed by atoms with van der Waals surface area (Å²) in [7, 11) is 0. The Bertz CT molecular complexity index is 532. The van der Waals surface area contributed by atoms with Crippen LogP contribution in [0.2, 0.25) is 5.02 Å². The number of ether oxygens (including phenoxy) is 1. The first-order valence-corrected chi connectivity index (χ1v) is 7.69. The Kier molecular flexibility index (Phi) is 3.87. The molecule has 3 nitrogen and oxygen atoms in total. The smallest absolute Gasteiger partial charge is 0.101 e. The van der Waals surface area contributed by atoms with Crippen LogP contribution in [0.25, 0.3) is 0 Å². The van der Waals surface area contributed by atoms with Crippen molar-refractivity contribution in [1.82, 2.24) is 0 Å². The standard InChI is InChI=1S/C16H19ClN2O/c17-13-3-4-15(12(9-13)11-18)19-14-5-8-20-16(10-14)6-1-2-7-16/h3-4,9,14,19H,1-2,5-8,10H2. The molecule has 0 amide bonds. The summed E-state index contributed by atoms with van der Waals surface area (Å²) in [5.74, 6) is 0. The molecule has 2 aliphatic rings. The van der Waals surface area contributed by atoms with Crippen molar-refractivity contribution in [3.05, 3.63) is 28.8 Å². The first kappa shape index (κ1) is 13.7. The molecular weight excluding hydrogens is 272 g/mol. The summed E-state index contributed by atoms with van der Waals surface area (Å²) in [6.45, 7) is 0.813. The van der Waals surface area contributed by atoms with Gasteiger partial charge in [-0.05, 0) is 43.9 Å². The summed E-state index contributed by atoms with van der Waals surface area (Å²) in [5, 5.41) is 13.3. The van der Waals surface area contributed by atoms with Crippen LogP contribution in [0.1, 0.15) is 44.1 Å². The quantitative estimate of drug-likeness (QED) is 0.891. The molecule has 4 heteroatoms. The largest absolute Gasteiger partial charge is 0.381 e. The molecule has 1 saturated heterocycles. The van der Waals surface area contributed by atoms with Gasteiger partial charge in [-0.15, -0.1) is 0 Å². The topological polar surface area (TPSA) is 45.0 Å². The van der Waals surface area contributed by atoms with Crippen LogP contribution in [0.15, 0.2) is 18.2 Å². The summed E-state index contributed by atoms with van der Waals surface area (Å²) in [5.41, 5.74) is 1.59. The monoisotopic (exact) mass is 290 g/mol. The lowest BCUT2D eigenvalue weighted by molar-refractivity contribution is -0.0767. The molecule has 0 bridgehead atoms. The Balaban J connectivity index is 1.73. The highest BCUT2D eigenvalue weighted by Gasteiger charge is 2.39. The van der Waals surface area contributed by atoms with Crippen LogP contribution in [0.5, 0.6) is 0 Å². The average Bonchev–Trinajstić information content (AvgIpc) is 2.89. The highest BCUT2D eigenvalue weighted by Crippen LogP contribution is 2.40. The van der Waals surface area contributed by atoms with E-state index < -0.39 is 0 Å². The van der Waals surface area contributed by atoms with E-state index in [0.717, 1.165) is 25.1 Å². The lowest BCUT2D eigenvalue weighted by atomic mass is 9.88. The van der Waals surface area contributed by atoms with Crippen LogP contribution >= 0.6 is 11.6 Å². The minimum atomic E-state index is 0.0924. The van der Waals surface area contributed by atoms with E-state index in [2.05, 4.69) is 11.4 Å². The van der Waals surface area contributed by atoms with E-state index in [0.29, 0.717) is 16.6 Å². The van der Waals surface area contributed by atoms with Crippen molar-refractivity contribution in [2.75, 3.05) is 11.9 Å². The molecule has 1 heterocycles. The van der Waals surface area contributed by atoms with Gasteiger partial charge in [-0.1, -0.05) is 24.4 Å². The molecular formula is C16H19ClN2O. The number of halogens is 1. The zero-order chi connectivity index (χ0) is 14.0. The average molecular weight is 291 g/mol. The predicted octanol–water partition coefficient (Wildman–Crippen LogP) is 4.12. The fraction of sp³-hybridized carbons (Fsp3) is 0.562. The number of hydrogen-bond acceptors (Lipinski definition) is 3. The molecule has 3 rings (SSSR count). The molecule has 1 aromatic rings. The van der Waals surface area contributed by atoms with Gasteiger partial charge in [-0.25, -0.2) is 0 Å². The van der Waals surface area contributed by atoms with E-state index in [4.69, 9.17) is 16.3 Å². The van der Waals surface area contributed by atoms with Crippen molar-refractivity contribution in [3.63, 3.8) is 0 Å². The molecule has 0 aromatic heterocycles. The van der Waals surface area contributed by atoms with Crippen LogP contribution in [0, 0.1) is 11.3 Å². The molecule has 20 heavy (non-hydrogen) atoms. The molecule has 1 N–H and O–H groups in total. The Hall–Kier alpha value is -1.24. The van der Waals surface area contributed by atoms with Crippen molar-refractivity contribution in [1.29, 1.82) is 5.26 Å². The van der Waals surface area contributed by atoms with Gasteiger partial charge in [-0.3, -0.25) is 0 Å². The fourth-order valence-corrected chi connectivity index (χ4v) is 3.65. The second-order valence-corrected chi connectivity index (χ2v) is 6.31. The Morgan fingerprint density at radius 3 is 2.90 bits per heavy atom. The number of nitriles is 1. The predicted molar refractivity (Wildman–Crippen MR) is 80.0 cm³/mol. The third kappa shape index (κ3) is 2.77. The van der Waals surface area contributed by atoms with Crippen molar-refractivity contribution < 1.29 is 4.74 Å². The molecule has 1 aromatic carbocycles. The van der Waals surface area contributed by atoms with Gasteiger partial charge in [0.05, 0.1) is 16.9 Å². The molecule has 106 valence electrons. The lowest BCUT2D eigenvalue weighted by Gasteiger charge is -2.39. The van der Waals surface area contributed by atoms with E-state index in [1.165, 1.54) is 25.7 Å². The Labute approximate surface area is 124 Å². The van der Waals surface area contributed by atoms with Gasteiger partial charge in [0.15, 0.2) is 0 Å². The SMILES string of the molecule is N#Cc1cc(Cl)ccc1NC1CCOC2(CCCC2)C1. The van der Waals surface area contributed by atoms with Gasteiger partial charge < -0.3 is 10.1 Å². The maximum absolute atomic E-state index is 9.20. The van der Waals surface area contributed by atoms with Gasteiger partial charge in [0, 0.05) is 17.7 Å². The number of nitrogens with one attached hydrogen (secondary N) is 1. The van der Waals surface area contributed by atoms with Crippen molar-refractivity contribution in [2.45, 2.75) is 50.2 Å². The van der Waals surface area contributed by atoms with Crippen molar-refractivity contribution >= 4 is 17.3 Å². The highest BCUT2D eigenvalue weighted by molar-refractivity contribution is 6.30. The lowest BCUT2D eigenvalue weighted by Crippen LogP contribution is -2.42. The molecule has 0 radical (unpaired) electrons. The van der Waals surface area contributed by atoms with Gasteiger partial charge in [0.1, 0.15) is 6.07 Å². The van der Waals surface area contributed by atoms with Gasteiger partial charge in [-0.2, -0.15) is 5.26 Å². The third-order valence-electron chi connectivity index (χ3n) is 4.47. The maximum Gasteiger partial charge on any atom is 0.101 e. The van der Waals surface area contributed by atoms with Gasteiger partial charge in [0.2, 0.25) is 0 Å². The Morgan fingerprint density at radius 1 is 1.35 bits per heavy atom. The summed E-state index contributed by atoms with van der Waals surface area (Å²) in [6.07, 6.45) is 6.94. The summed E-state index contributed by atoms with van der Waals surface area (Å²) in [4.78, 5) is 0.